The average Bonchev–Trinajstić information content (AvgIpc) is 2.24. The van der Waals surface area contributed by atoms with Crippen LogP contribution in [0.15, 0.2) is 0 Å². The van der Waals surface area contributed by atoms with Crippen molar-refractivity contribution in [1.29, 1.82) is 0 Å². The fourth-order valence-corrected chi connectivity index (χ4v) is 2.54. The molecule has 0 aromatic rings. The molecule has 1 fully saturated rings. The Morgan fingerprint density at radius 2 is 1.92 bits per heavy atom. The second-order valence-corrected chi connectivity index (χ2v) is 5.31. The molecule has 0 saturated carbocycles. The first-order valence-electron chi connectivity index (χ1n) is 5.52. The monoisotopic (exact) mass is 185 g/mol. The smallest absolute Gasteiger partial charge is 0.135 e. The Balaban J connectivity index is 2.67. The van der Waals surface area contributed by atoms with Gasteiger partial charge >= 0.3 is 0 Å². The van der Waals surface area contributed by atoms with E-state index >= 15 is 0 Å². The normalized spacial score (nSPS) is 33.9. The van der Waals surface area contributed by atoms with E-state index in [1.165, 1.54) is 37.2 Å². The fraction of sp³-hybridized carbons (Fsp3) is 1.00. The Morgan fingerprint density at radius 1 is 1.31 bits per heavy atom. The minimum Gasteiger partial charge on any atom is -0.312 e. The van der Waals surface area contributed by atoms with Crippen LogP contribution in [0.5, 0.6) is 0 Å². The zero-order valence-corrected chi connectivity index (χ0v) is 9.93. The molecule has 78 valence electrons. The van der Waals surface area contributed by atoms with Gasteiger partial charge in [0.05, 0.1) is 25.7 Å². The van der Waals surface area contributed by atoms with Crippen molar-refractivity contribution in [2.45, 2.75) is 39.7 Å². The van der Waals surface area contributed by atoms with Crippen LogP contribution in [0.2, 0.25) is 0 Å². The second-order valence-electron chi connectivity index (χ2n) is 5.31. The van der Waals surface area contributed by atoms with Gasteiger partial charge in [-0.1, -0.05) is 6.92 Å². The van der Waals surface area contributed by atoms with E-state index in [9.17, 15) is 0 Å². The molecule has 0 aliphatic carbocycles. The molecule has 1 heterocycles. The molecule has 0 N–H and O–H groups in total. The van der Waals surface area contributed by atoms with Gasteiger partial charge in [0.2, 0.25) is 0 Å². The summed E-state index contributed by atoms with van der Waals surface area (Å²) in [4.78, 5) is 2.64. The highest BCUT2D eigenvalue weighted by Crippen LogP contribution is 2.28. The van der Waals surface area contributed by atoms with E-state index in [0.29, 0.717) is 5.54 Å². The lowest BCUT2D eigenvalue weighted by atomic mass is 10.0. The largest absolute Gasteiger partial charge is 0.312 e. The zero-order valence-electron chi connectivity index (χ0n) is 9.93. The van der Waals surface area contributed by atoms with Crippen molar-refractivity contribution in [3.63, 3.8) is 0 Å². The molecule has 0 radical (unpaired) electrons. The summed E-state index contributed by atoms with van der Waals surface area (Å²) in [6.07, 6.45) is 1.27. The van der Waals surface area contributed by atoms with Gasteiger partial charge in [-0.25, -0.2) is 4.90 Å². The van der Waals surface area contributed by atoms with Gasteiger partial charge in [-0.05, 0) is 27.2 Å². The predicted octanol–water partition coefficient (Wildman–Crippen LogP) is 1.91. The quantitative estimate of drug-likeness (QED) is 0.607. The van der Waals surface area contributed by atoms with Gasteiger partial charge in [-0.2, -0.15) is 0 Å². The SMILES string of the molecule is CCCN1C[N@+](C)(CC)CC1(C)C. The first kappa shape index (κ1) is 11.0. The third-order valence-electron chi connectivity index (χ3n) is 3.39. The first-order valence-corrected chi connectivity index (χ1v) is 5.52. The van der Waals surface area contributed by atoms with E-state index in [-0.39, 0.29) is 0 Å². The highest BCUT2D eigenvalue weighted by molar-refractivity contribution is 4.84. The highest BCUT2D eigenvalue weighted by atomic mass is 15.5. The molecule has 13 heavy (non-hydrogen) atoms. The summed E-state index contributed by atoms with van der Waals surface area (Å²) in [5.74, 6) is 0. The van der Waals surface area contributed by atoms with Crippen molar-refractivity contribution in [1.82, 2.24) is 4.90 Å². The molecule has 2 nitrogen and oxygen atoms in total. The van der Waals surface area contributed by atoms with E-state index in [4.69, 9.17) is 0 Å². The summed E-state index contributed by atoms with van der Waals surface area (Å²) < 4.78 is 1.22. The number of hydrogen-bond donors (Lipinski definition) is 0. The Bertz CT molecular complexity index is 177. The van der Waals surface area contributed by atoms with Gasteiger partial charge in [0.25, 0.3) is 0 Å². The maximum absolute atomic E-state index is 2.64. The van der Waals surface area contributed by atoms with Crippen LogP contribution < -0.4 is 0 Å². The first-order chi connectivity index (χ1) is 5.93. The Kier molecular flexibility index (Phi) is 3.03. The van der Waals surface area contributed by atoms with E-state index < -0.39 is 0 Å². The molecule has 1 atom stereocenters. The molecule has 2 heteroatoms. The maximum atomic E-state index is 2.64. The molecular formula is C11H25N2+. The van der Waals surface area contributed by atoms with Gasteiger partial charge < -0.3 is 4.48 Å². The summed E-state index contributed by atoms with van der Waals surface area (Å²) >= 11 is 0. The van der Waals surface area contributed by atoms with Gasteiger partial charge in [0.1, 0.15) is 6.67 Å². The van der Waals surface area contributed by atoms with Crippen LogP contribution in [-0.2, 0) is 0 Å². The van der Waals surface area contributed by atoms with Gasteiger partial charge in [-0.3, -0.25) is 0 Å². The minimum atomic E-state index is 0.404. The minimum absolute atomic E-state index is 0.404. The van der Waals surface area contributed by atoms with Crippen molar-refractivity contribution in [3.8, 4) is 0 Å². The average molecular weight is 185 g/mol. The van der Waals surface area contributed by atoms with Gasteiger partial charge in [-0.15, -0.1) is 0 Å². The van der Waals surface area contributed by atoms with Crippen LogP contribution in [-0.4, -0.2) is 48.3 Å². The number of likely N-dealkylation sites (N-methyl/N-ethyl adjacent to an activating group) is 1. The molecule has 1 saturated heterocycles. The summed E-state index contributed by atoms with van der Waals surface area (Å²) in [7, 11) is 2.37. The van der Waals surface area contributed by atoms with Crippen molar-refractivity contribution < 1.29 is 4.48 Å². The van der Waals surface area contributed by atoms with Crippen molar-refractivity contribution in [2.75, 3.05) is 33.4 Å². The van der Waals surface area contributed by atoms with Crippen molar-refractivity contribution in [3.05, 3.63) is 0 Å². The number of hydrogen-bond acceptors (Lipinski definition) is 1. The summed E-state index contributed by atoms with van der Waals surface area (Å²) in [5.41, 5.74) is 0.404. The van der Waals surface area contributed by atoms with Gasteiger partial charge in [0.15, 0.2) is 0 Å². The number of nitrogens with zero attached hydrogens (tertiary/aromatic N) is 2. The van der Waals surface area contributed by atoms with E-state index in [0.717, 1.165) is 0 Å². The molecule has 0 amide bonds. The third-order valence-corrected chi connectivity index (χ3v) is 3.39. The molecule has 0 unspecified atom stereocenters. The summed E-state index contributed by atoms with van der Waals surface area (Å²) in [6.45, 7) is 14.4. The van der Waals surface area contributed by atoms with Crippen molar-refractivity contribution in [2.24, 2.45) is 0 Å². The maximum Gasteiger partial charge on any atom is 0.135 e. The summed E-state index contributed by atoms with van der Waals surface area (Å²) in [5, 5.41) is 0. The zero-order chi connectivity index (χ0) is 10.1. The molecule has 1 aliphatic rings. The van der Waals surface area contributed by atoms with E-state index in [2.05, 4.69) is 39.6 Å². The fourth-order valence-electron chi connectivity index (χ4n) is 2.54. The lowest BCUT2D eigenvalue weighted by molar-refractivity contribution is -0.901. The molecule has 0 aromatic carbocycles. The molecule has 1 rings (SSSR count). The Morgan fingerprint density at radius 3 is 2.31 bits per heavy atom. The van der Waals surface area contributed by atoms with Crippen LogP contribution in [0.25, 0.3) is 0 Å². The number of quaternary nitrogens is 1. The van der Waals surface area contributed by atoms with Crippen LogP contribution in [0.3, 0.4) is 0 Å². The van der Waals surface area contributed by atoms with Crippen LogP contribution in [0.1, 0.15) is 34.1 Å². The Hall–Kier alpha value is -0.0800. The molecular weight excluding hydrogens is 160 g/mol. The Labute approximate surface area is 83.1 Å². The lowest BCUT2D eigenvalue weighted by Gasteiger charge is -2.27. The molecule has 0 spiro atoms. The molecule has 1 aliphatic heterocycles. The molecule has 0 aromatic heterocycles. The number of rotatable bonds is 3. The summed E-state index contributed by atoms with van der Waals surface area (Å²) in [6, 6.07) is 0. The van der Waals surface area contributed by atoms with Crippen molar-refractivity contribution >= 4 is 0 Å². The van der Waals surface area contributed by atoms with Gasteiger partial charge in [0, 0.05) is 6.54 Å². The predicted molar refractivity (Wildman–Crippen MR) is 57.5 cm³/mol. The lowest BCUT2D eigenvalue weighted by Crippen LogP contribution is -2.43. The highest BCUT2D eigenvalue weighted by Gasteiger charge is 2.44. The van der Waals surface area contributed by atoms with E-state index in [1.54, 1.807) is 0 Å². The topological polar surface area (TPSA) is 3.24 Å². The standard InChI is InChI=1S/C11H25N2/c1-6-8-12-10-13(5,7-2)9-11(12,3)4/h6-10H2,1-5H3/q+1/t13-/m1/s1. The molecule has 0 bridgehead atoms. The third kappa shape index (κ3) is 2.23. The van der Waals surface area contributed by atoms with Crippen LogP contribution >= 0.6 is 0 Å². The van der Waals surface area contributed by atoms with E-state index in [1.807, 2.05) is 0 Å². The second kappa shape index (κ2) is 3.58. The van der Waals surface area contributed by atoms with Crippen LogP contribution in [0, 0.1) is 0 Å². The van der Waals surface area contributed by atoms with Crippen LogP contribution in [0.4, 0.5) is 0 Å².